The van der Waals surface area contributed by atoms with Gasteiger partial charge in [0.25, 0.3) is 0 Å². The van der Waals surface area contributed by atoms with Crippen LogP contribution >= 0.6 is 0 Å². The molecule has 0 heterocycles. The molecule has 4 heteroatoms. The Labute approximate surface area is 86.5 Å². The number of hydrogen-bond acceptors (Lipinski definition) is 2. The Morgan fingerprint density at radius 2 is 1.87 bits per heavy atom. The molecular weight excluding hydrogens is 202 g/mol. The third-order valence-electron chi connectivity index (χ3n) is 2.51. The average molecular weight is 214 g/mol. The zero-order valence-electron chi connectivity index (χ0n) is 8.12. The van der Waals surface area contributed by atoms with Gasteiger partial charge in [-0.05, 0) is 30.5 Å². The maximum atomic E-state index is 11.8. The van der Waals surface area contributed by atoms with Crippen molar-refractivity contribution in [1.29, 1.82) is 0 Å². The Morgan fingerprint density at radius 1 is 1.27 bits per heavy atom. The van der Waals surface area contributed by atoms with Crippen LogP contribution in [-0.2, 0) is 6.42 Å². The number of halogens is 2. The summed E-state index contributed by atoms with van der Waals surface area (Å²) in [7, 11) is 0. The van der Waals surface area contributed by atoms with Gasteiger partial charge in [-0.15, -0.1) is 0 Å². The Hall–Kier alpha value is -1.16. The zero-order chi connectivity index (χ0) is 10.9. The van der Waals surface area contributed by atoms with E-state index in [1.54, 1.807) is 12.1 Å². The highest BCUT2D eigenvalue weighted by Gasteiger charge is 2.39. The molecule has 1 aliphatic rings. The van der Waals surface area contributed by atoms with Gasteiger partial charge in [0.1, 0.15) is 5.75 Å². The van der Waals surface area contributed by atoms with E-state index >= 15 is 0 Å². The molecule has 0 saturated heterocycles. The first kappa shape index (κ1) is 10.4. The Balaban J connectivity index is 1.97. The number of ether oxygens (including phenoxy) is 1. The van der Waals surface area contributed by atoms with Crippen molar-refractivity contribution in [2.24, 2.45) is 0 Å². The van der Waals surface area contributed by atoms with Crippen LogP contribution in [0.4, 0.5) is 8.78 Å². The highest BCUT2D eigenvalue weighted by atomic mass is 19.3. The number of hydrogen-bond donors (Lipinski definition) is 1. The molecule has 0 aromatic heterocycles. The van der Waals surface area contributed by atoms with E-state index in [2.05, 4.69) is 4.74 Å². The first-order valence-electron chi connectivity index (χ1n) is 4.84. The van der Waals surface area contributed by atoms with Crippen molar-refractivity contribution in [2.75, 3.05) is 0 Å². The van der Waals surface area contributed by atoms with Crippen LogP contribution in [-0.4, -0.2) is 17.3 Å². The number of benzene rings is 1. The van der Waals surface area contributed by atoms with Gasteiger partial charge in [-0.3, -0.25) is 0 Å². The highest BCUT2D eigenvalue weighted by molar-refractivity contribution is 5.29. The fourth-order valence-corrected chi connectivity index (χ4v) is 1.49. The predicted octanol–water partition coefficient (Wildman–Crippen LogP) is 2.36. The topological polar surface area (TPSA) is 29.5 Å². The molecule has 0 amide bonds. The summed E-state index contributed by atoms with van der Waals surface area (Å²) in [6, 6.07) is 6.39. The standard InChI is InChI=1S/C11H12F2O2/c12-10(13)15-9-3-1-8(2-4-9)7-11(14)5-6-11/h1-4,10,14H,5-7H2. The van der Waals surface area contributed by atoms with Gasteiger partial charge in [0, 0.05) is 6.42 Å². The molecule has 2 nitrogen and oxygen atoms in total. The molecule has 0 unspecified atom stereocenters. The lowest BCUT2D eigenvalue weighted by Crippen LogP contribution is -2.10. The third kappa shape index (κ3) is 2.89. The van der Waals surface area contributed by atoms with Gasteiger partial charge >= 0.3 is 6.61 Å². The predicted molar refractivity (Wildman–Crippen MR) is 51.0 cm³/mol. The lowest BCUT2D eigenvalue weighted by molar-refractivity contribution is -0.0498. The molecule has 15 heavy (non-hydrogen) atoms. The van der Waals surface area contributed by atoms with E-state index in [1.165, 1.54) is 12.1 Å². The SMILES string of the molecule is OC1(Cc2ccc(OC(F)F)cc2)CC1. The molecule has 0 spiro atoms. The number of rotatable bonds is 4. The van der Waals surface area contributed by atoms with Crippen molar-refractivity contribution in [1.82, 2.24) is 0 Å². The lowest BCUT2D eigenvalue weighted by Gasteiger charge is -2.08. The quantitative estimate of drug-likeness (QED) is 0.833. The summed E-state index contributed by atoms with van der Waals surface area (Å²) in [5.41, 5.74) is 0.391. The summed E-state index contributed by atoms with van der Waals surface area (Å²) in [6.45, 7) is -2.79. The molecule has 0 radical (unpaired) electrons. The molecule has 1 aromatic rings. The van der Waals surface area contributed by atoms with E-state index < -0.39 is 12.2 Å². The van der Waals surface area contributed by atoms with Gasteiger partial charge in [0.2, 0.25) is 0 Å². The van der Waals surface area contributed by atoms with Crippen LogP contribution in [0.5, 0.6) is 5.75 Å². The molecule has 1 saturated carbocycles. The van der Waals surface area contributed by atoms with E-state index in [0.29, 0.717) is 6.42 Å². The van der Waals surface area contributed by atoms with Crippen molar-refractivity contribution in [3.63, 3.8) is 0 Å². The Bertz CT molecular complexity index is 331. The summed E-state index contributed by atoms with van der Waals surface area (Å²) >= 11 is 0. The Morgan fingerprint density at radius 3 is 2.33 bits per heavy atom. The fourth-order valence-electron chi connectivity index (χ4n) is 1.49. The molecule has 1 aliphatic carbocycles. The van der Waals surface area contributed by atoms with Crippen LogP contribution < -0.4 is 4.74 Å². The first-order valence-corrected chi connectivity index (χ1v) is 4.84. The maximum Gasteiger partial charge on any atom is 0.387 e. The summed E-state index contributed by atoms with van der Waals surface area (Å²) in [4.78, 5) is 0. The zero-order valence-corrected chi connectivity index (χ0v) is 8.12. The van der Waals surface area contributed by atoms with Crippen LogP contribution in [0.3, 0.4) is 0 Å². The molecule has 2 rings (SSSR count). The van der Waals surface area contributed by atoms with E-state index in [0.717, 1.165) is 18.4 Å². The van der Waals surface area contributed by atoms with Gasteiger partial charge in [0.15, 0.2) is 0 Å². The smallest absolute Gasteiger partial charge is 0.387 e. The van der Waals surface area contributed by atoms with Gasteiger partial charge in [-0.1, -0.05) is 12.1 Å². The van der Waals surface area contributed by atoms with E-state index in [1.807, 2.05) is 0 Å². The van der Waals surface area contributed by atoms with Crippen molar-refractivity contribution in [2.45, 2.75) is 31.5 Å². The van der Waals surface area contributed by atoms with E-state index in [-0.39, 0.29) is 5.75 Å². The van der Waals surface area contributed by atoms with Gasteiger partial charge in [0.05, 0.1) is 5.60 Å². The number of aliphatic hydroxyl groups is 1. The van der Waals surface area contributed by atoms with Gasteiger partial charge < -0.3 is 9.84 Å². The van der Waals surface area contributed by atoms with Crippen LogP contribution in [0.1, 0.15) is 18.4 Å². The summed E-state index contributed by atoms with van der Waals surface area (Å²) in [5, 5.41) is 9.65. The normalized spacial score (nSPS) is 17.9. The van der Waals surface area contributed by atoms with Gasteiger partial charge in [-0.25, -0.2) is 0 Å². The molecular formula is C11H12F2O2. The minimum atomic E-state index is -2.79. The minimum Gasteiger partial charge on any atom is -0.435 e. The summed E-state index contributed by atoms with van der Waals surface area (Å²) in [6.07, 6.45) is 2.23. The van der Waals surface area contributed by atoms with Crippen LogP contribution in [0.2, 0.25) is 0 Å². The second-order valence-corrected chi connectivity index (χ2v) is 3.92. The third-order valence-corrected chi connectivity index (χ3v) is 2.51. The molecule has 0 bridgehead atoms. The molecule has 82 valence electrons. The molecule has 0 atom stereocenters. The lowest BCUT2D eigenvalue weighted by atomic mass is 10.1. The molecule has 0 aliphatic heterocycles. The average Bonchev–Trinajstić information content (AvgIpc) is 2.86. The first-order chi connectivity index (χ1) is 7.07. The van der Waals surface area contributed by atoms with Crippen LogP contribution in [0.25, 0.3) is 0 Å². The number of alkyl halides is 2. The minimum absolute atomic E-state index is 0.150. The second-order valence-electron chi connectivity index (χ2n) is 3.92. The van der Waals surface area contributed by atoms with Crippen LogP contribution in [0.15, 0.2) is 24.3 Å². The monoisotopic (exact) mass is 214 g/mol. The van der Waals surface area contributed by atoms with Crippen molar-refractivity contribution >= 4 is 0 Å². The molecule has 1 aromatic carbocycles. The largest absolute Gasteiger partial charge is 0.435 e. The van der Waals surface area contributed by atoms with E-state index in [4.69, 9.17) is 0 Å². The molecule has 1 fully saturated rings. The summed E-state index contributed by atoms with van der Waals surface area (Å²) in [5.74, 6) is 0.150. The Kier molecular flexibility index (Phi) is 2.61. The van der Waals surface area contributed by atoms with E-state index in [9.17, 15) is 13.9 Å². The van der Waals surface area contributed by atoms with Crippen molar-refractivity contribution < 1.29 is 18.6 Å². The fraction of sp³-hybridized carbons (Fsp3) is 0.455. The second kappa shape index (κ2) is 3.77. The van der Waals surface area contributed by atoms with Crippen molar-refractivity contribution in [3.8, 4) is 5.75 Å². The molecule has 1 N–H and O–H groups in total. The van der Waals surface area contributed by atoms with Crippen LogP contribution in [0, 0.1) is 0 Å². The van der Waals surface area contributed by atoms with Crippen molar-refractivity contribution in [3.05, 3.63) is 29.8 Å². The summed E-state index contributed by atoms with van der Waals surface area (Å²) < 4.78 is 27.9. The maximum absolute atomic E-state index is 11.8. The highest BCUT2D eigenvalue weighted by Crippen LogP contribution is 2.38. The van der Waals surface area contributed by atoms with Gasteiger partial charge in [-0.2, -0.15) is 8.78 Å².